The predicted octanol–water partition coefficient (Wildman–Crippen LogP) is 6.35. The van der Waals surface area contributed by atoms with Crippen LogP contribution in [0.4, 0.5) is 23.2 Å². The van der Waals surface area contributed by atoms with E-state index in [9.17, 15) is 31.2 Å². The molecule has 2 aliphatic carbocycles. The molecule has 4 atom stereocenters. The summed E-state index contributed by atoms with van der Waals surface area (Å²) in [6.45, 7) is 6.38. The molecule has 3 aromatic rings. The van der Waals surface area contributed by atoms with Crippen molar-refractivity contribution in [2.45, 2.75) is 69.3 Å². The van der Waals surface area contributed by atoms with Crippen molar-refractivity contribution in [1.29, 1.82) is 0 Å². The van der Waals surface area contributed by atoms with E-state index < -0.39 is 49.8 Å². The van der Waals surface area contributed by atoms with E-state index in [2.05, 4.69) is 41.4 Å². The number of amides is 2. The van der Waals surface area contributed by atoms with Gasteiger partial charge in [-0.3, -0.25) is 9.59 Å². The monoisotopic (exact) mass is 676 g/mol. The van der Waals surface area contributed by atoms with Gasteiger partial charge in [-0.15, -0.1) is 0 Å². The predicted molar refractivity (Wildman–Crippen MR) is 166 cm³/mol. The van der Waals surface area contributed by atoms with Gasteiger partial charge in [0.15, 0.2) is 5.82 Å². The standard InChI is InChI=1S/C33H36F4N4O5S/c1-32(2,3)11-10-18-16-38-29(39-17-18)23-14-24(26(46-4)15-25(23)34)30(42)41-28-20-9-8-19(12-20)27(28)31(43)40-21-6-5-7-22(13-21)47(44,45)33(35,36)37/h5-7,13-17,19-20,27-28H,8-12H2,1-4H3,(H,40,43)(H,41,42)/t19-,20+,27+,28-/m1/s1. The second-order valence-corrected chi connectivity index (χ2v) is 15.3. The van der Waals surface area contributed by atoms with Crippen LogP contribution in [0.3, 0.4) is 0 Å². The van der Waals surface area contributed by atoms with Crippen molar-refractivity contribution in [3.8, 4) is 17.1 Å². The van der Waals surface area contributed by atoms with Gasteiger partial charge in [0.1, 0.15) is 11.6 Å². The van der Waals surface area contributed by atoms with Crippen LogP contribution in [-0.2, 0) is 21.1 Å². The number of hydrogen-bond donors (Lipinski definition) is 2. The normalized spacial score (nSPS) is 21.0. The van der Waals surface area contributed by atoms with Crippen LogP contribution >= 0.6 is 0 Å². The molecule has 0 saturated heterocycles. The van der Waals surface area contributed by atoms with E-state index in [-0.39, 0.29) is 45.6 Å². The minimum Gasteiger partial charge on any atom is -0.496 e. The zero-order chi connectivity index (χ0) is 34.3. The van der Waals surface area contributed by atoms with E-state index >= 15 is 4.39 Å². The molecule has 252 valence electrons. The van der Waals surface area contributed by atoms with Crippen molar-refractivity contribution in [3.63, 3.8) is 0 Å². The fourth-order valence-corrected chi connectivity index (χ4v) is 7.23. The van der Waals surface area contributed by atoms with Crippen LogP contribution in [0.1, 0.15) is 62.4 Å². The van der Waals surface area contributed by atoms with Gasteiger partial charge in [-0.05, 0) is 79.2 Å². The summed E-state index contributed by atoms with van der Waals surface area (Å²) in [6.07, 6.45) is 7.02. The van der Waals surface area contributed by atoms with Gasteiger partial charge >= 0.3 is 5.51 Å². The molecule has 9 nitrogen and oxygen atoms in total. The van der Waals surface area contributed by atoms with Crippen molar-refractivity contribution in [3.05, 3.63) is 65.7 Å². The summed E-state index contributed by atoms with van der Waals surface area (Å²) in [5.74, 6) is -2.70. The number of nitrogens with zero attached hydrogens (tertiary/aromatic N) is 2. The fourth-order valence-electron chi connectivity index (χ4n) is 6.42. The van der Waals surface area contributed by atoms with E-state index in [4.69, 9.17) is 4.74 Å². The number of rotatable bonds is 9. The van der Waals surface area contributed by atoms with Gasteiger partial charge in [0.25, 0.3) is 15.7 Å². The van der Waals surface area contributed by atoms with Crippen molar-refractivity contribution >= 4 is 27.3 Å². The molecule has 1 heterocycles. The van der Waals surface area contributed by atoms with Gasteiger partial charge in [0.05, 0.1) is 29.1 Å². The highest BCUT2D eigenvalue weighted by Gasteiger charge is 2.52. The molecule has 47 heavy (non-hydrogen) atoms. The molecule has 2 N–H and O–H groups in total. The van der Waals surface area contributed by atoms with Gasteiger partial charge < -0.3 is 15.4 Å². The lowest BCUT2D eigenvalue weighted by Crippen LogP contribution is -2.48. The largest absolute Gasteiger partial charge is 0.501 e. The summed E-state index contributed by atoms with van der Waals surface area (Å²) in [4.78, 5) is 34.9. The van der Waals surface area contributed by atoms with E-state index in [0.717, 1.165) is 49.1 Å². The van der Waals surface area contributed by atoms with Crippen molar-refractivity contribution in [2.75, 3.05) is 12.4 Å². The Bertz CT molecular complexity index is 1770. The van der Waals surface area contributed by atoms with E-state index in [1.165, 1.54) is 19.2 Å². The maximum absolute atomic E-state index is 15.2. The minimum atomic E-state index is -5.62. The van der Waals surface area contributed by atoms with Crippen LogP contribution in [0.25, 0.3) is 11.4 Å². The van der Waals surface area contributed by atoms with Gasteiger partial charge in [0, 0.05) is 30.2 Å². The third kappa shape index (κ3) is 7.26. The summed E-state index contributed by atoms with van der Waals surface area (Å²) in [5.41, 5.74) is -4.61. The average molecular weight is 677 g/mol. The number of sulfone groups is 1. The zero-order valence-corrected chi connectivity index (χ0v) is 27.1. The lowest BCUT2D eigenvalue weighted by atomic mass is 9.83. The molecule has 14 heteroatoms. The van der Waals surface area contributed by atoms with E-state index in [1.807, 2.05) is 0 Å². The summed E-state index contributed by atoms with van der Waals surface area (Å²) in [7, 11) is -4.32. The third-order valence-electron chi connectivity index (χ3n) is 8.88. The summed E-state index contributed by atoms with van der Waals surface area (Å²) in [5, 5.41) is 5.47. The van der Waals surface area contributed by atoms with E-state index in [1.54, 1.807) is 12.4 Å². The number of carbonyl (C=O) groups is 2. The highest BCUT2D eigenvalue weighted by Crippen LogP contribution is 2.49. The van der Waals surface area contributed by atoms with Crippen LogP contribution in [0.15, 0.2) is 53.7 Å². The molecule has 2 amide bonds. The SMILES string of the molecule is COc1cc(F)c(-c2ncc(CCC(C)(C)C)cn2)cc1C(=O)N[C@@H]1[C@H]2CC[C@H](C2)[C@@H]1C(=O)Nc1cccc(S(=O)(=O)C(F)(F)F)c1. The Morgan fingerprint density at radius 3 is 2.34 bits per heavy atom. The first-order valence-electron chi connectivity index (χ1n) is 15.2. The molecule has 0 unspecified atom stereocenters. The Hall–Kier alpha value is -4.07. The number of nitrogens with one attached hydrogen (secondary N) is 2. The van der Waals surface area contributed by atoms with Crippen LogP contribution in [0, 0.1) is 29.0 Å². The van der Waals surface area contributed by atoms with Crippen LogP contribution in [-0.4, -0.2) is 48.9 Å². The van der Waals surface area contributed by atoms with Crippen LogP contribution < -0.4 is 15.4 Å². The summed E-state index contributed by atoms with van der Waals surface area (Å²) >= 11 is 0. The molecule has 0 radical (unpaired) electrons. The van der Waals surface area contributed by atoms with Crippen LogP contribution in [0.2, 0.25) is 0 Å². The Labute approximate surface area is 270 Å². The van der Waals surface area contributed by atoms with Crippen molar-refractivity contribution < 1.29 is 40.3 Å². The number of halogens is 4. The number of aromatic nitrogens is 2. The highest BCUT2D eigenvalue weighted by molar-refractivity contribution is 7.92. The summed E-state index contributed by atoms with van der Waals surface area (Å²) in [6, 6.07) is 5.70. The van der Waals surface area contributed by atoms with E-state index in [0.29, 0.717) is 12.8 Å². The van der Waals surface area contributed by atoms with Crippen molar-refractivity contribution in [1.82, 2.24) is 15.3 Å². The Morgan fingerprint density at radius 1 is 1.02 bits per heavy atom. The number of benzene rings is 2. The Balaban J connectivity index is 1.36. The molecule has 2 fully saturated rings. The number of aryl methyl sites for hydroxylation is 1. The number of ether oxygens (including phenoxy) is 1. The molecule has 5 rings (SSSR count). The first-order valence-corrected chi connectivity index (χ1v) is 16.7. The quantitative estimate of drug-likeness (QED) is 0.253. The summed E-state index contributed by atoms with van der Waals surface area (Å²) < 4.78 is 83.6. The molecular weight excluding hydrogens is 640 g/mol. The molecular formula is C33H36F4N4O5S. The smallest absolute Gasteiger partial charge is 0.496 e. The molecule has 0 spiro atoms. The molecule has 0 aliphatic heterocycles. The molecule has 1 aromatic heterocycles. The molecule has 2 aromatic carbocycles. The minimum absolute atomic E-state index is 0.00533. The molecule has 2 aliphatic rings. The Kier molecular flexibility index (Phi) is 9.37. The number of hydrogen-bond acceptors (Lipinski definition) is 7. The maximum atomic E-state index is 15.2. The second-order valence-electron chi connectivity index (χ2n) is 13.3. The number of carbonyl (C=O) groups excluding carboxylic acids is 2. The Morgan fingerprint density at radius 2 is 1.70 bits per heavy atom. The first-order chi connectivity index (χ1) is 22.0. The third-order valence-corrected chi connectivity index (χ3v) is 10.4. The number of anilines is 1. The number of alkyl halides is 3. The lowest BCUT2D eigenvalue weighted by Gasteiger charge is -2.31. The van der Waals surface area contributed by atoms with Gasteiger partial charge in [-0.1, -0.05) is 26.8 Å². The number of methoxy groups -OCH3 is 1. The van der Waals surface area contributed by atoms with Gasteiger partial charge in [-0.25, -0.2) is 22.8 Å². The van der Waals surface area contributed by atoms with Crippen molar-refractivity contribution in [2.24, 2.45) is 23.2 Å². The second kappa shape index (κ2) is 12.9. The highest BCUT2D eigenvalue weighted by atomic mass is 32.2. The number of fused-ring (bicyclic) bond motifs is 2. The van der Waals surface area contributed by atoms with Crippen LogP contribution in [0.5, 0.6) is 5.75 Å². The van der Waals surface area contributed by atoms with Gasteiger partial charge in [-0.2, -0.15) is 13.2 Å². The van der Waals surface area contributed by atoms with Gasteiger partial charge in [0.2, 0.25) is 5.91 Å². The molecule has 2 saturated carbocycles. The lowest BCUT2D eigenvalue weighted by molar-refractivity contribution is -0.122. The zero-order valence-electron chi connectivity index (χ0n) is 26.3. The molecule has 2 bridgehead atoms. The fraction of sp³-hybridized carbons (Fsp3) is 0.455. The topological polar surface area (TPSA) is 127 Å². The average Bonchev–Trinajstić information content (AvgIpc) is 3.61. The first kappa shape index (κ1) is 34.3. The maximum Gasteiger partial charge on any atom is 0.501 e.